The molecular weight excluding hydrogens is 495 g/mol. The number of carboxylic acid groups (broad SMARTS) is 2. The Hall–Kier alpha value is -3.42. The van der Waals surface area contributed by atoms with Crippen LogP contribution in [-0.2, 0) is 42.9 Å². The summed E-state index contributed by atoms with van der Waals surface area (Å²) in [4.78, 5) is 44.4. The Morgan fingerprint density at radius 3 is 1.61 bits per heavy atom. The van der Waals surface area contributed by atoms with Crippen LogP contribution in [0.5, 0.6) is 0 Å². The number of H-pyrrole nitrogens is 2. The summed E-state index contributed by atoms with van der Waals surface area (Å²) >= 11 is 0. The van der Waals surface area contributed by atoms with Crippen molar-refractivity contribution in [2.45, 2.75) is 24.9 Å². The Kier molecular flexibility index (Phi) is 8.99. The number of aromatic nitrogens is 4. The van der Waals surface area contributed by atoms with Crippen LogP contribution < -0.4 is 10.2 Å². The van der Waals surface area contributed by atoms with Gasteiger partial charge >= 0.3 is 20.4 Å². The van der Waals surface area contributed by atoms with Gasteiger partial charge in [-0.3, -0.25) is 9.98 Å². The molecule has 10 nitrogen and oxygen atoms in total. The van der Waals surface area contributed by atoms with Gasteiger partial charge in [-0.2, -0.15) is 0 Å². The number of nitrogens with one attached hydrogen (secondary N) is 2. The first-order valence-electron chi connectivity index (χ1n) is 9.04. The number of rotatable bonds is 10. The Morgan fingerprint density at radius 1 is 0.871 bits per heavy atom. The van der Waals surface area contributed by atoms with Gasteiger partial charge in [0.15, 0.2) is 0 Å². The molecular formula is C20H18N6O4Pd. The van der Waals surface area contributed by atoms with Gasteiger partial charge in [-0.15, -0.1) is 0 Å². The Bertz CT molecular complexity index is 951. The molecule has 2 heterocycles. The van der Waals surface area contributed by atoms with Crippen molar-refractivity contribution in [2.75, 3.05) is 0 Å². The van der Waals surface area contributed by atoms with E-state index in [2.05, 4.69) is 29.9 Å². The first-order chi connectivity index (χ1) is 14.5. The zero-order valence-corrected chi connectivity index (χ0v) is 17.6. The molecule has 162 valence electrons. The third-order valence-corrected chi connectivity index (χ3v) is 4.26. The minimum atomic E-state index is -1.32. The van der Waals surface area contributed by atoms with E-state index in [4.69, 9.17) is 0 Å². The summed E-state index contributed by atoms with van der Waals surface area (Å²) < 4.78 is 0. The molecule has 0 radical (unpaired) electrons. The van der Waals surface area contributed by atoms with E-state index < -0.39 is 24.0 Å². The van der Waals surface area contributed by atoms with Crippen LogP contribution in [0.15, 0.2) is 59.3 Å². The van der Waals surface area contributed by atoms with Crippen molar-refractivity contribution >= 4 is 24.4 Å². The quantitative estimate of drug-likeness (QED) is 0.253. The van der Waals surface area contributed by atoms with E-state index in [9.17, 15) is 19.8 Å². The maximum Gasteiger partial charge on any atom is 2.00 e. The standard InChI is InChI=1S/C20H20N6O4.Pd/c27-19(28)17(5-15-9-21-11-25-15)23-7-13-3-1-2-4-14(13)8-24-18(20(29)30)6-16-10-22-12-26-16;/h1-4,7-12,17-18H,5-6H2,(H,21,25)(H,22,26)(H,27,28)(H,29,30);/q;+2/p-2. The number of hydrogen-bond acceptors (Lipinski definition) is 8. The fraction of sp³-hybridized carbons (Fsp3) is 0.200. The molecule has 3 aromatic rings. The first-order valence-corrected chi connectivity index (χ1v) is 9.04. The maximum atomic E-state index is 11.4. The molecule has 0 bridgehead atoms. The van der Waals surface area contributed by atoms with E-state index in [1.807, 2.05) is 0 Å². The zero-order chi connectivity index (χ0) is 21.3. The SMILES string of the molecule is O=C([O-])C(Cc1cnc[nH]1)N=Cc1ccccc1C=NC(Cc1cnc[nH]1)C(=O)[O-].[Pd+2]. The number of aromatic amines is 2. The predicted molar refractivity (Wildman–Crippen MR) is 104 cm³/mol. The molecule has 11 heteroatoms. The molecule has 0 saturated heterocycles. The largest absolute Gasteiger partial charge is 2.00 e. The van der Waals surface area contributed by atoms with Gasteiger partial charge in [0.2, 0.25) is 0 Å². The van der Waals surface area contributed by atoms with Crippen molar-refractivity contribution in [3.63, 3.8) is 0 Å². The van der Waals surface area contributed by atoms with Gasteiger partial charge < -0.3 is 29.8 Å². The number of benzene rings is 1. The van der Waals surface area contributed by atoms with E-state index in [0.717, 1.165) is 0 Å². The number of carbonyl (C=O) groups is 2. The van der Waals surface area contributed by atoms with Crippen LogP contribution in [0.4, 0.5) is 0 Å². The van der Waals surface area contributed by atoms with Gasteiger partial charge in [-0.05, 0) is 0 Å². The molecule has 2 N–H and O–H groups in total. The summed E-state index contributed by atoms with van der Waals surface area (Å²) in [6, 6.07) is 4.73. The smallest absolute Gasteiger partial charge is 0.548 e. The minimum Gasteiger partial charge on any atom is -0.548 e. The number of imidazole rings is 2. The molecule has 2 unspecified atom stereocenters. The van der Waals surface area contributed by atoms with Gasteiger partial charge in [0.05, 0.1) is 36.7 Å². The van der Waals surface area contributed by atoms with E-state index in [-0.39, 0.29) is 33.3 Å². The summed E-state index contributed by atoms with van der Waals surface area (Å²) in [5.41, 5.74) is 2.39. The molecule has 2 atom stereocenters. The van der Waals surface area contributed by atoms with E-state index >= 15 is 0 Å². The Morgan fingerprint density at radius 2 is 1.29 bits per heavy atom. The van der Waals surface area contributed by atoms with Crippen molar-refractivity contribution < 1.29 is 40.2 Å². The molecule has 0 saturated carbocycles. The van der Waals surface area contributed by atoms with E-state index in [1.54, 1.807) is 24.3 Å². The van der Waals surface area contributed by atoms with Gasteiger partial charge in [0.1, 0.15) is 0 Å². The first kappa shape index (κ1) is 23.9. The van der Waals surface area contributed by atoms with Gasteiger partial charge in [0, 0.05) is 60.2 Å². The van der Waals surface area contributed by atoms with Gasteiger partial charge in [0.25, 0.3) is 0 Å². The van der Waals surface area contributed by atoms with Gasteiger partial charge in [-0.25, -0.2) is 9.97 Å². The average Bonchev–Trinajstić information content (AvgIpc) is 3.42. The number of nitrogens with zero attached hydrogens (tertiary/aromatic N) is 4. The van der Waals surface area contributed by atoms with Crippen LogP contribution in [0.25, 0.3) is 0 Å². The van der Waals surface area contributed by atoms with Crippen molar-refractivity contribution in [1.29, 1.82) is 0 Å². The van der Waals surface area contributed by atoms with E-state index in [0.29, 0.717) is 22.5 Å². The second-order valence-electron chi connectivity index (χ2n) is 6.42. The van der Waals surface area contributed by atoms with Crippen molar-refractivity contribution in [1.82, 2.24) is 19.9 Å². The molecule has 0 amide bonds. The number of aliphatic carboxylic acids is 2. The molecule has 0 aliphatic heterocycles. The van der Waals surface area contributed by atoms with Crippen LogP contribution in [0, 0.1) is 0 Å². The van der Waals surface area contributed by atoms with Crippen molar-refractivity contribution in [3.8, 4) is 0 Å². The van der Waals surface area contributed by atoms with Crippen molar-refractivity contribution in [2.24, 2.45) is 9.98 Å². The molecule has 0 aliphatic carbocycles. The monoisotopic (exact) mass is 512 g/mol. The topological polar surface area (TPSA) is 162 Å². The maximum absolute atomic E-state index is 11.4. The Balaban J connectivity index is 0.00000341. The van der Waals surface area contributed by atoms with Crippen molar-refractivity contribution in [3.05, 3.63) is 71.8 Å². The number of hydrogen-bond donors (Lipinski definition) is 2. The molecule has 1 aromatic carbocycles. The molecule has 0 fully saturated rings. The number of aliphatic imine (C=N–C) groups is 2. The fourth-order valence-corrected chi connectivity index (χ4v) is 2.69. The zero-order valence-electron chi connectivity index (χ0n) is 16.1. The third-order valence-electron chi connectivity index (χ3n) is 4.26. The molecule has 31 heavy (non-hydrogen) atoms. The van der Waals surface area contributed by atoms with Crippen LogP contribution >= 0.6 is 0 Å². The summed E-state index contributed by atoms with van der Waals surface area (Å²) in [6.45, 7) is 0. The minimum absolute atomic E-state index is 0. The third kappa shape index (κ3) is 7.09. The number of carboxylic acids is 2. The van der Waals surface area contributed by atoms with Gasteiger partial charge in [-0.1, -0.05) is 24.3 Å². The number of carbonyl (C=O) groups excluding carboxylic acids is 2. The summed E-state index contributed by atoms with van der Waals surface area (Å²) in [7, 11) is 0. The predicted octanol–water partition coefficient (Wildman–Crippen LogP) is -1.31. The molecule has 0 spiro atoms. The summed E-state index contributed by atoms with van der Waals surface area (Å²) in [5.74, 6) is -2.63. The van der Waals surface area contributed by atoms with Crippen LogP contribution in [0.1, 0.15) is 22.5 Å². The normalized spacial score (nSPS) is 13.2. The molecule has 3 rings (SSSR count). The molecule has 0 aliphatic rings. The Labute approximate surface area is 191 Å². The summed E-state index contributed by atoms with van der Waals surface area (Å²) in [6.07, 6.45) is 8.96. The second kappa shape index (κ2) is 11.7. The average molecular weight is 513 g/mol. The fourth-order valence-electron chi connectivity index (χ4n) is 2.69. The second-order valence-corrected chi connectivity index (χ2v) is 6.42. The van der Waals surface area contributed by atoms with Crippen LogP contribution in [-0.4, -0.2) is 56.4 Å². The van der Waals surface area contributed by atoms with Crippen LogP contribution in [0.3, 0.4) is 0 Å². The molecule has 2 aromatic heterocycles. The summed E-state index contributed by atoms with van der Waals surface area (Å²) in [5, 5.41) is 22.8. The van der Waals surface area contributed by atoms with E-state index in [1.165, 1.54) is 37.5 Å². The van der Waals surface area contributed by atoms with Crippen LogP contribution in [0.2, 0.25) is 0 Å².